The van der Waals surface area contributed by atoms with E-state index in [0.717, 1.165) is 23.7 Å². The average Bonchev–Trinajstić information content (AvgIpc) is 2.95. The summed E-state index contributed by atoms with van der Waals surface area (Å²) in [5.74, 6) is 7.28. The van der Waals surface area contributed by atoms with Gasteiger partial charge in [0.2, 0.25) is 0 Å². The average molecular weight is 290 g/mol. The van der Waals surface area contributed by atoms with Crippen molar-refractivity contribution in [1.82, 2.24) is 15.2 Å². The van der Waals surface area contributed by atoms with Crippen molar-refractivity contribution >= 4 is 0 Å². The van der Waals surface area contributed by atoms with Gasteiger partial charge in [0.1, 0.15) is 5.75 Å². The highest BCUT2D eigenvalue weighted by atomic mass is 16.5. The molecule has 1 aromatic carbocycles. The first-order chi connectivity index (χ1) is 10.3. The van der Waals surface area contributed by atoms with Crippen molar-refractivity contribution in [3.63, 3.8) is 0 Å². The Labute approximate surface area is 124 Å². The summed E-state index contributed by atoms with van der Waals surface area (Å²) in [7, 11) is 1.63. The molecule has 21 heavy (non-hydrogen) atoms. The van der Waals surface area contributed by atoms with Gasteiger partial charge in [-0.2, -0.15) is 5.10 Å². The number of hydrogen-bond donors (Lipinski definition) is 2. The van der Waals surface area contributed by atoms with Gasteiger partial charge in [0.15, 0.2) is 5.75 Å². The first-order valence-electron chi connectivity index (χ1n) is 7.03. The Hall–Kier alpha value is -2.05. The summed E-state index contributed by atoms with van der Waals surface area (Å²) in [6.45, 7) is 3.34. The fourth-order valence-electron chi connectivity index (χ4n) is 2.25. The predicted molar refractivity (Wildman–Crippen MR) is 81.1 cm³/mol. The minimum Gasteiger partial charge on any atom is -0.494 e. The Bertz CT molecular complexity index is 520. The number of nitrogens with two attached hydrogens (primary N) is 1. The number of nitrogens with one attached hydrogen (secondary N) is 1. The van der Waals surface area contributed by atoms with Crippen LogP contribution in [0.2, 0.25) is 0 Å². The highest BCUT2D eigenvalue weighted by Crippen LogP contribution is 2.26. The minimum atomic E-state index is -0.0777. The monoisotopic (exact) mass is 290 g/mol. The molecule has 0 spiro atoms. The number of aryl methyl sites for hydroxylation is 1. The number of benzene rings is 1. The summed E-state index contributed by atoms with van der Waals surface area (Å²) in [5.41, 5.74) is 3.76. The molecular formula is C15H22N4O2. The lowest BCUT2D eigenvalue weighted by atomic mass is 10.1. The third-order valence-electron chi connectivity index (χ3n) is 3.31. The van der Waals surface area contributed by atoms with Crippen LogP contribution in [0.5, 0.6) is 11.5 Å². The van der Waals surface area contributed by atoms with Crippen LogP contribution in [0.1, 0.15) is 25.1 Å². The van der Waals surface area contributed by atoms with E-state index in [1.54, 1.807) is 13.3 Å². The Morgan fingerprint density at radius 2 is 2.10 bits per heavy atom. The molecule has 0 aliphatic heterocycles. The lowest BCUT2D eigenvalue weighted by molar-refractivity contribution is 0.280. The van der Waals surface area contributed by atoms with Gasteiger partial charge in [0, 0.05) is 13.0 Å². The van der Waals surface area contributed by atoms with Crippen molar-refractivity contribution in [2.24, 2.45) is 5.84 Å². The lowest BCUT2D eigenvalue weighted by Gasteiger charge is -2.18. The van der Waals surface area contributed by atoms with E-state index in [2.05, 4.69) is 10.5 Å². The van der Waals surface area contributed by atoms with Crippen molar-refractivity contribution in [3.8, 4) is 11.5 Å². The zero-order valence-electron chi connectivity index (χ0n) is 12.5. The fraction of sp³-hybridized carbons (Fsp3) is 0.400. The third kappa shape index (κ3) is 3.74. The van der Waals surface area contributed by atoms with Crippen molar-refractivity contribution in [2.45, 2.75) is 25.9 Å². The van der Waals surface area contributed by atoms with Crippen molar-refractivity contribution in [1.29, 1.82) is 0 Å². The van der Waals surface area contributed by atoms with Gasteiger partial charge in [-0.1, -0.05) is 18.2 Å². The Kier molecular flexibility index (Phi) is 5.59. The second-order valence-corrected chi connectivity index (χ2v) is 4.58. The molecule has 0 saturated carbocycles. The Balaban J connectivity index is 2.01. The number of para-hydroxylation sites is 1. The molecule has 0 radical (unpaired) electrons. The number of hydrogen-bond acceptors (Lipinski definition) is 5. The van der Waals surface area contributed by atoms with Crippen LogP contribution in [0.3, 0.4) is 0 Å². The largest absolute Gasteiger partial charge is 0.494 e. The molecule has 1 aromatic heterocycles. The van der Waals surface area contributed by atoms with Crippen molar-refractivity contribution in [2.75, 3.05) is 13.7 Å². The number of hydrazine groups is 1. The zero-order valence-corrected chi connectivity index (χ0v) is 12.5. The topological polar surface area (TPSA) is 74.3 Å². The molecule has 1 heterocycles. The van der Waals surface area contributed by atoms with Crippen LogP contribution in [0.4, 0.5) is 0 Å². The molecule has 1 unspecified atom stereocenters. The zero-order chi connectivity index (χ0) is 15.1. The summed E-state index contributed by atoms with van der Waals surface area (Å²) in [6, 6.07) is 9.64. The van der Waals surface area contributed by atoms with Crippen LogP contribution >= 0.6 is 0 Å². The number of aromatic nitrogens is 2. The van der Waals surface area contributed by atoms with E-state index >= 15 is 0 Å². The van der Waals surface area contributed by atoms with Crippen molar-refractivity contribution in [3.05, 3.63) is 42.2 Å². The molecule has 0 aliphatic carbocycles. The second-order valence-electron chi connectivity index (χ2n) is 4.58. The van der Waals surface area contributed by atoms with Gasteiger partial charge in [0.25, 0.3) is 0 Å². The summed E-state index contributed by atoms with van der Waals surface area (Å²) >= 11 is 0. The molecule has 2 rings (SSSR count). The number of methoxy groups -OCH3 is 1. The predicted octanol–water partition coefficient (Wildman–Crippen LogP) is 1.89. The van der Waals surface area contributed by atoms with E-state index < -0.39 is 0 Å². The summed E-state index contributed by atoms with van der Waals surface area (Å²) in [6.07, 6.45) is 2.43. The molecule has 114 valence electrons. The van der Waals surface area contributed by atoms with E-state index in [0.29, 0.717) is 13.0 Å². The number of ether oxygens (including phenoxy) is 2. The van der Waals surface area contributed by atoms with Gasteiger partial charge < -0.3 is 9.47 Å². The van der Waals surface area contributed by atoms with Gasteiger partial charge in [0.05, 0.1) is 31.6 Å². The van der Waals surface area contributed by atoms with E-state index in [9.17, 15) is 0 Å². The first-order valence-corrected chi connectivity index (χ1v) is 7.03. The van der Waals surface area contributed by atoms with Crippen LogP contribution in [0, 0.1) is 0 Å². The maximum absolute atomic E-state index is 5.72. The quantitative estimate of drug-likeness (QED) is 0.573. The van der Waals surface area contributed by atoms with Crippen LogP contribution in [0.25, 0.3) is 0 Å². The normalized spacial score (nSPS) is 12.1. The van der Waals surface area contributed by atoms with Crippen LogP contribution < -0.4 is 20.7 Å². The molecular weight excluding hydrogens is 268 g/mol. The van der Waals surface area contributed by atoms with Gasteiger partial charge >= 0.3 is 0 Å². The summed E-state index contributed by atoms with van der Waals surface area (Å²) < 4.78 is 13.0. The molecule has 0 aliphatic rings. The molecule has 3 N–H and O–H groups in total. The maximum atomic E-state index is 5.72. The number of rotatable bonds is 8. The summed E-state index contributed by atoms with van der Waals surface area (Å²) in [4.78, 5) is 0. The molecule has 6 heteroatoms. The van der Waals surface area contributed by atoms with Crippen LogP contribution in [0.15, 0.2) is 36.5 Å². The Morgan fingerprint density at radius 1 is 1.33 bits per heavy atom. The molecule has 0 saturated heterocycles. The smallest absolute Gasteiger partial charge is 0.161 e. The third-order valence-corrected chi connectivity index (χ3v) is 3.31. The lowest BCUT2D eigenvalue weighted by Crippen LogP contribution is -2.31. The maximum Gasteiger partial charge on any atom is 0.161 e. The van der Waals surface area contributed by atoms with Crippen LogP contribution in [-0.2, 0) is 6.54 Å². The first kappa shape index (κ1) is 15.3. The van der Waals surface area contributed by atoms with E-state index in [1.807, 2.05) is 41.9 Å². The second kappa shape index (κ2) is 7.66. The van der Waals surface area contributed by atoms with Crippen molar-refractivity contribution < 1.29 is 9.47 Å². The fourth-order valence-corrected chi connectivity index (χ4v) is 2.25. The molecule has 0 amide bonds. The standard InChI is InChI=1S/C15H22N4O2/c1-3-19-15(14(20-2)11-17-19)13(18-16)9-10-21-12-7-5-4-6-8-12/h4-8,11,13,18H,3,9-10,16H2,1-2H3. The SMILES string of the molecule is CCn1ncc(OC)c1C(CCOc1ccccc1)NN. The highest BCUT2D eigenvalue weighted by molar-refractivity contribution is 5.28. The van der Waals surface area contributed by atoms with E-state index in [-0.39, 0.29) is 6.04 Å². The molecule has 0 fully saturated rings. The van der Waals surface area contributed by atoms with Gasteiger partial charge in [-0.3, -0.25) is 16.0 Å². The van der Waals surface area contributed by atoms with Gasteiger partial charge in [-0.05, 0) is 19.1 Å². The van der Waals surface area contributed by atoms with Gasteiger partial charge in [-0.15, -0.1) is 0 Å². The van der Waals surface area contributed by atoms with E-state index in [4.69, 9.17) is 15.3 Å². The molecule has 0 bridgehead atoms. The molecule has 6 nitrogen and oxygen atoms in total. The van der Waals surface area contributed by atoms with Gasteiger partial charge in [-0.25, -0.2) is 0 Å². The molecule has 1 atom stereocenters. The Morgan fingerprint density at radius 3 is 2.71 bits per heavy atom. The minimum absolute atomic E-state index is 0.0777. The summed E-state index contributed by atoms with van der Waals surface area (Å²) in [5, 5.41) is 4.30. The highest BCUT2D eigenvalue weighted by Gasteiger charge is 2.20. The molecule has 2 aromatic rings. The van der Waals surface area contributed by atoms with E-state index in [1.165, 1.54) is 0 Å². The van der Waals surface area contributed by atoms with Crippen LogP contribution in [-0.4, -0.2) is 23.5 Å². The number of nitrogens with zero attached hydrogens (tertiary/aromatic N) is 2.